The first-order valence-electron chi connectivity index (χ1n) is 5.61. The third-order valence-corrected chi connectivity index (χ3v) is 2.91. The smallest absolute Gasteiger partial charge is 0.158 e. The van der Waals surface area contributed by atoms with Gasteiger partial charge in [-0.1, -0.05) is 23.7 Å². The van der Waals surface area contributed by atoms with E-state index in [0.29, 0.717) is 5.02 Å². The molecule has 16 heavy (non-hydrogen) atoms. The molecule has 0 spiro atoms. The molecule has 0 aromatic heterocycles. The summed E-state index contributed by atoms with van der Waals surface area (Å²) < 4.78 is 11.2. The Bertz CT molecular complexity index is 334. The highest BCUT2D eigenvalue weighted by Gasteiger charge is 2.18. The molecule has 3 heteroatoms. The van der Waals surface area contributed by atoms with Crippen LogP contribution in [0.3, 0.4) is 0 Å². The lowest BCUT2D eigenvalue weighted by molar-refractivity contribution is -0.180. The second-order valence-electron chi connectivity index (χ2n) is 3.98. The first-order valence-corrected chi connectivity index (χ1v) is 5.99. The Labute approximate surface area is 102 Å². The predicted octanol–water partition coefficient (Wildman–Crippen LogP) is 3.76. The van der Waals surface area contributed by atoms with Crippen molar-refractivity contribution in [3.63, 3.8) is 0 Å². The molecule has 0 unspecified atom stereocenters. The van der Waals surface area contributed by atoms with Crippen LogP contribution in [0.4, 0.5) is 0 Å². The van der Waals surface area contributed by atoms with E-state index >= 15 is 0 Å². The van der Waals surface area contributed by atoms with Gasteiger partial charge in [0.2, 0.25) is 0 Å². The zero-order valence-electron chi connectivity index (χ0n) is 9.19. The Morgan fingerprint density at radius 1 is 1.44 bits per heavy atom. The van der Waals surface area contributed by atoms with Gasteiger partial charge in [-0.15, -0.1) is 0 Å². The van der Waals surface area contributed by atoms with Crippen molar-refractivity contribution in [3.05, 3.63) is 41.8 Å². The minimum Gasteiger partial charge on any atom is -0.353 e. The summed E-state index contributed by atoms with van der Waals surface area (Å²) in [5.41, 5.74) is 0.988. The maximum atomic E-state index is 5.92. The van der Waals surface area contributed by atoms with E-state index in [2.05, 4.69) is 6.92 Å². The van der Waals surface area contributed by atoms with Crippen LogP contribution in [-0.2, 0) is 9.47 Å². The second kappa shape index (κ2) is 5.67. The Balaban J connectivity index is 1.94. The van der Waals surface area contributed by atoms with E-state index in [1.165, 1.54) is 0 Å². The molecule has 1 aliphatic heterocycles. The van der Waals surface area contributed by atoms with Crippen molar-refractivity contribution in [1.82, 2.24) is 0 Å². The van der Waals surface area contributed by atoms with Crippen molar-refractivity contribution in [2.75, 3.05) is 6.61 Å². The Kier molecular flexibility index (Phi) is 4.22. The van der Waals surface area contributed by atoms with Crippen LogP contribution in [0.15, 0.2) is 24.3 Å². The molecule has 2 nitrogen and oxygen atoms in total. The lowest BCUT2D eigenvalue weighted by Gasteiger charge is -2.26. The molecule has 0 N–H and O–H groups in total. The van der Waals surface area contributed by atoms with E-state index in [1.54, 1.807) is 0 Å². The van der Waals surface area contributed by atoms with Gasteiger partial charge in [-0.3, -0.25) is 0 Å². The summed E-state index contributed by atoms with van der Waals surface area (Å²) in [6.07, 6.45) is 2.90. The topological polar surface area (TPSA) is 18.5 Å². The molecule has 2 rings (SSSR count). The lowest BCUT2D eigenvalue weighted by atomic mass is 10.1. The summed E-state index contributed by atoms with van der Waals surface area (Å²) in [5, 5.41) is 0.708. The van der Waals surface area contributed by atoms with Crippen LogP contribution in [0.5, 0.6) is 0 Å². The highest BCUT2D eigenvalue weighted by molar-refractivity contribution is 6.30. The Morgan fingerprint density at radius 2 is 2.31 bits per heavy atom. The van der Waals surface area contributed by atoms with Crippen LogP contribution in [-0.4, -0.2) is 12.9 Å². The molecule has 87 valence electrons. The molecule has 1 aromatic rings. The molecule has 1 aromatic carbocycles. The van der Waals surface area contributed by atoms with Gasteiger partial charge >= 0.3 is 0 Å². The molecule has 1 fully saturated rings. The van der Waals surface area contributed by atoms with E-state index in [1.807, 2.05) is 24.3 Å². The van der Waals surface area contributed by atoms with Crippen molar-refractivity contribution in [2.24, 2.45) is 0 Å². The van der Waals surface area contributed by atoms with Crippen molar-refractivity contribution >= 4 is 11.6 Å². The van der Waals surface area contributed by atoms with Crippen LogP contribution in [0.2, 0.25) is 5.02 Å². The number of halogens is 1. The summed E-state index contributed by atoms with van der Waals surface area (Å²) in [6.45, 7) is 4.77. The molecule has 0 bridgehead atoms. The first-order chi connectivity index (χ1) is 7.75. The van der Waals surface area contributed by atoms with Crippen LogP contribution < -0.4 is 0 Å². The van der Waals surface area contributed by atoms with Gasteiger partial charge in [0.1, 0.15) is 0 Å². The molecule has 1 radical (unpaired) electrons. The van der Waals surface area contributed by atoms with Crippen molar-refractivity contribution < 1.29 is 9.47 Å². The van der Waals surface area contributed by atoms with E-state index in [0.717, 1.165) is 31.4 Å². The molecule has 1 aliphatic rings. The van der Waals surface area contributed by atoms with Gasteiger partial charge in [0, 0.05) is 11.6 Å². The monoisotopic (exact) mass is 239 g/mol. The minimum atomic E-state index is -0.221. The summed E-state index contributed by atoms with van der Waals surface area (Å²) in [4.78, 5) is 0. The van der Waals surface area contributed by atoms with E-state index in [4.69, 9.17) is 21.1 Å². The molecular weight excluding hydrogens is 224 g/mol. The first kappa shape index (κ1) is 11.9. The summed E-state index contributed by atoms with van der Waals surface area (Å²) in [5.74, 6) is 0. The minimum absolute atomic E-state index is 0.116. The average molecular weight is 240 g/mol. The fourth-order valence-corrected chi connectivity index (χ4v) is 1.99. The highest BCUT2D eigenvalue weighted by atomic mass is 35.5. The Hall–Kier alpha value is -0.570. The summed E-state index contributed by atoms with van der Waals surface area (Å²) in [6, 6.07) is 7.59. The van der Waals surface area contributed by atoms with Crippen molar-refractivity contribution in [2.45, 2.75) is 31.7 Å². The molecule has 2 atom stereocenters. The van der Waals surface area contributed by atoms with E-state index in [9.17, 15) is 0 Å². The maximum Gasteiger partial charge on any atom is 0.158 e. The molecule has 0 aliphatic carbocycles. The average Bonchev–Trinajstić information content (AvgIpc) is 2.30. The number of rotatable bonds is 3. The number of ether oxygens (including phenoxy) is 2. The number of benzene rings is 1. The summed E-state index contributed by atoms with van der Waals surface area (Å²) >= 11 is 5.92. The van der Waals surface area contributed by atoms with Crippen molar-refractivity contribution in [1.29, 1.82) is 0 Å². The predicted molar refractivity (Wildman–Crippen MR) is 64.2 cm³/mol. The van der Waals surface area contributed by atoms with Gasteiger partial charge in [-0.05, 0) is 43.9 Å². The molecule has 1 heterocycles. The number of hydrogen-bond donors (Lipinski definition) is 0. The highest BCUT2D eigenvalue weighted by Crippen LogP contribution is 2.24. The SMILES string of the molecule is [CH2][C@H](O[C@@H]1CCCCO1)c1cccc(Cl)c1. The fraction of sp³-hybridized carbons (Fsp3) is 0.462. The zero-order chi connectivity index (χ0) is 11.4. The maximum absolute atomic E-state index is 5.92. The van der Waals surface area contributed by atoms with E-state index in [-0.39, 0.29) is 12.4 Å². The molecule has 0 amide bonds. The molecule has 0 saturated carbocycles. The van der Waals surface area contributed by atoms with Gasteiger partial charge in [0.05, 0.1) is 6.10 Å². The fourth-order valence-electron chi connectivity index (χ4n) is 1.79. The van der Waals surface area contributed by atoms with Crippen LogP contribution >= 0.6 is 11.6 Å². The third kappa shape index (κ3) is 3.21. The third-order valence-electron chi connectivity index (χ3n) is 2.67. The lowest BCUT2D eigenvalue weighted by Crippen LogP contribution is -2.23. The van der Waals surface area contributed by atoms with Gasteiger partial charge in [-0.25, -0.2) is 0 Å². The second-order valence-corrected chi connectivity index (χ2v) is 4.41. The van der Waals surface area contributed by atoms with Gasteiger partial charge in [0.15, 0.2) is 6.29 Å². The van der Waals surface area contributed by atoms with E-state index < -0.39 is 0 Å². The summed E-state index contributed by atoms with van der Waals surface area (Å²) in [7, 11) is 0. The van der Waals surface area contributed by atoms with Crippen LogP contribution in [0, 0.1) is 6.92 Å². The molecular formula is C13H16ClO2. The van der Waals surface area contributed by atoms with Gasteiger partial charge in [-0.2, -0.15) is 0 Å². The van der Waals surface area contributed by atoms with Gasteiger partial charge < -0.3 is 9.47 Å². The number of hydrogen-bond acceptors (Lipinski definition) is 2. The Morgan fingerprint density at radius 3 is 3.00 bits per heavy atom. The van der Waals surface area contributed by atoms with Crippen LogP contribution in [0.25, 0.3) is 0 Å². The normalized spacial score (nSPS) is 23.0. The quantitative estimate of drug-likeness (QED) is 0.800. The zero-order valence-corrected chi connectivity index (χ0v) is 9.95. The van der Waals surface area contributed by atoms with Crippen molar-refractivity contribution in [3.8, 4) is 0 Å². The molecule has 1 saturated heterocycles. The van der Waals surface area contributed by atoms with Crippen LogP contribution in [0.1, 0.15) is 30.9 Å². The van der Waals surface area contributed by atoms with Gasteiger partial charge in [0.25, 0.3) is 0 Å². The standard InChI is InChI=1S/C13H16ClO2/c1-10(11-5-4-6-12(14)9-11)16-13-7-2-3-8-15-13/h4-6,9-10,13H,1-3,7-8H2/t10-,13+/m0/s1. The largest absolute Gasteiger partial charge is 0.353 e.